The van der Waals surface area contributed by atoms with Gasteiger partial charge in [0.1, 0.15) is 6.04 Å². The van der Waals surface area contributed by atoms with Crippen molar-refractivity contribution >= 4 is 17.8 Å². The molecule has 7 nitrogen and oxygen atoms in total. The van der Waals surface area contributed by atoms with Crippen molar-refractivity contribution in [2.75, 3.05) is 20.1 Å². The van der Waals surface area contributed by atoms with Gasteiger partial charge in [0.05, 0.1) is 6.04 Å². The number of fused-ring (bicyclic) bond motifs is 1. The van der Waals surface area contributed by atoms with Crippen molar-refractivity contribution in [2.24, 2.45) is 5.92 Å². The van der Waals surface area contributed by atoms with E-state index in [4.69, 9.17) is 0 Å². The average Bonchev–Trinajstić information content (AvgIpc) is 3.17. The lowest BCUT2D eigenvalue weighted by molar-refractivity contribution is -0.138. The zero-order valence-electron chi connectivity index (χ0n) is 14.6. The maximum absolute atomic E-state index is 12.4. The minimum atomic E-state index is -0.424. The van der Waals surface area contributed by atoms with Gasteiger partial charge in [-0.25, -0.2) is 4.79 Å². The highest BCUT2D eigenvalue weighted by Crippen LogP contribution is 2.35. The molecular formula is C18H24N4O3. The maximum atomic E-state index is 12.4. The number of likely N-dealkylation sites (N-methyl/N-ethyl adjacent to an activating group) is 1. The third-order valence-electron chi connectivity index (χ3n) is 5.11. The molecule has 25 heavy (non-hydrogen) atoms. The molecule has 0 aromatic heterocycles. The standard InChI is InChI=1S/C18H24N4O3/c1-12(23)22-15(17(24)19-2)8-14-10-21(11-16(14)22)18(25)20-9-13-6-4-3-5-7-13/h3-7,14-16H,8-11H2,1-2H3,(H,19,24)(H,20,25)/t14-,15-,16+/m0/s1. The molecule has 1 aromatic carbocycles. The van der Waals surface area contributed by atoms with Gasteiger partial charge in [-0.1, -0.05) is 30.3 Å². The summed E-state index contributed by atoms with van der Waals surface area (Å²) in [5.41, 5.74) is 1.04. The summed E-state index contributed by atoms with van der Waals surface area (Å²) in [4.78, 5) is 39.9. The molecule has 4 amide bonds. The number of hydrogen-bond acceptors (Lipinski definition) is 3. The first kappa shape index (κ1) is 17.3. The zero-order valence-corrected chi connectivity index (χ0v) is 14.6. The van der Waals surface area contributed by atoms with Crippen molar-refractivity contribution in [1.29, 1.82) is 0 Å². The number of carbonyl (C=O) groups is 3. The minimum Gasteiger partial charge on any atom is -0.357 e. The lowest BCUT2D eigenvalue weighted by Crippen LogP contribution is -2.50. The summed E-state index contributed by atoms with van der Waals surface area (Å²) in [6, 6.07) is 9.10. The number of benzene rings is 1. The Labute approximate surface area is 147 Å². The Morgan fingerprint density at radius 1 is 1.16 bits per heavy atom. The lowest BCUT2D eigenvalue weighted by atomic mass is 10.0. The van der Waals surface area contributed by atoms with Crippen molar-refractivity contribution in [3.05, 3.63) is 35.9 Å². The Morgan fingerprint density at radius 3 is 2.52 bits per heavy atom. The molecule has 2 fully saturated rings. The Morgan fingerprint density at radius 2 is 1.88 bits per heavy atom. The third kappa shape index (κ3) is 3.45. The summed E-state index contributed by atoms with van der Waals surface area (Å²) in [5.74, 6) is -0.106. The van der Waals surface area contributed by atoms with E-state index in [-0.39, 0.29) is 29.8 Å². The molecule has 7 heteroatoms. The molecular weight excluding hydrogens is 320 g/mol. The van der Waals surface area contributed by atoms with Gasteiger partial charge in [0, 0.05) is 39.5 Å². The van der Waals surface area contributed by atoms with Crippen LogP contribution in [0, 0.1) is 5.92 Å². The normalized spacial score (nSPS) is 24.8. The van der Waals surface area contributed by atoms with Crippen LogP contribution in [0.5, 0.6) is 0 Å². The van der Waals surface area contributed by atoms with E-state index < -0.39 is 6.04 Å². The molecule has 0 spiro atoms. The van der Waals surface area contributed by atoms with Crippen molar-refractivity contribution < 1.29 is 14.4 Å². The summed E-state index contributed by atoms with van der Waals surface area (Å²) in [6.45, 7) is 3.00. The number of rotatable bonds is 3. The summed E-state index contributed by atoms with van der Waals surface area (Å²) in [5, 5.41) is 5.55. The van der Waals surface area contributed by atoms with E-state index in [0.29, 0.717) is 26.1 Å². The van der Waals surface area contributed by atoms with Crippen LogP contribution in [0.4, 0.5) is 4.79 Å². The van der Waals surface area contributed by atoms with Gasteiger partial charge < -0.3 is 20.4 Å². The third-order valence-corrected chi connectivity index (χ3v) is 5.11. The van der Waals surface area contributed by atoms with Gasteiger partial charge in [-0.15, -0.1) is 0 Å². The molecule has 0 bridgehead atoms. The van der Waals surface area contributed by atoms with E-state index >= 15 is 0 Å². The monoisotopic (exact) mass is 344 g/mol. The second-order valence-electron chi connectivity index (χ2n) is 6.67. The van der Waals surface area contributed by atoms with Crippen LogP contribution in [0.15, 0.2) is 30.3 Å². The summed E-state index contributed by atoms with van der Waals surface area (Å²) in [6.07, 6.45) is 0.604. The molecule has 2 N–H and O–H groups in total. The number of nitrogens with one attached hydrogen (secondary N) is 2. The van der Waals surface area contributed by atoms with Crippen molar-refractivity contribution in [3.8, 4) is 0 Å². The molecule has 0 aliphatic carbocycles. The SMILES string of the molecule is CNC(=O)[C@@H]1C[C@H]2CN(C(=O)NCc3ccccc3)C[C@H]2N1C(C)=O. The molecule has 2 aliphatic rings. The maximum Gasteiger partial charge on any atom is 0.317 e. The molecule has 134 valence electrons. The second kappa shape index (κ2) is 7.13. The largest absolute Gasteiger partial charge is 0.357 e. The van der Waals surface area contributed by atoms with Crippen molar-refractivity contribution in [3.63, 3.8) is 0 Å². The van der Waals surface area contributed by atoms with E-state index in [0.717, 1.165) is 5.56 Å². The quantitative estimate of drug-likeness (QED) is 0.841. The molecule has 2 heterocycles. The van der Waals surface area contributed by atoms with Crippen LogP contribution in [0.1, 0.15) is 18.9 Å². The number of likely N-dealkylation sites (tertiary alicyclic amines) is 2. The predicted octanol–water partition coefficient (Wildman–Crippen LogP) is 0.563. The molecule has 3 rings (SSSR count). The Balaban J connectivity index is 1.61. The zero-order chi connectivity index (χ0) is 18.0. The lowest BCUT2D eigenvalue weighted by Gasteiger charge is -2.28. The van der Waals surface area contributed by atoms with Crippen molar-refractivity contribution in [2.45, 2.75) is 32.0 Å². The number of hydrogen-bond donors (Lipinski definition) is 2. The molecule has 0 saturated carbocycles. The van der Waals surface area contributed by atoms with E-state index in [1.54, 1.807) is 16.8 Å². The van der Waals surface area contributed by atoms with Gasteiger partial charge in [-0.2, -0.15) is 0 Å². The first-order valence-corrected chi connectivity index (χ1v) is 8.58. The van der Waals surface area contributed by atoms with Crippen LogP contribution in [0.2, 0.25) is 0 Å². The fourth-order valence-corrected chi connectivity index (χ4v) is 3.94. The minimum absolute atomic E-state index is 0.0812. The fourth-order valence-electron chi connectivity index (χ4n) is 3.94. The summed E-state index contributed by atoms with van der Waals surface area (Å²) < 4.78 is 0. The van der Waals surface area contributed by atoms with E-state index in [2.05, 4.69) is 10.6 Å². The first-order chi connectivity index (χ1) is 12.0. The number of nitrogens with zero attached hydrogens (tertiary/aromatic N) is 2. The van der Waals surface area contributed by atoms with Crippen LogP contribution in [-0.2, 0) is 16.1 Å². The van der Waals surface area contributed by atoms with Crippen LogP contribution >= 0.6 is 0 Å². The van der Waals surface area contributed by atoms with Gasteiger partial charge in [0.2, 0.25) is 11.8 Å². The highest BCUT2D eigenvalue weighted by Gasteiger charge is 2.50. The van der Waals surface area contributed by atoms with Crippen molar-refractivity contribution in [1.82, 2.24) is 20.4 Å². The average molecular weight is 344 g/mol. The summed E-state index contributed by atoms with van der Waals surface area (Å²) >= 11 is 0. The Hall–Kier alpha value is -2.57. The highest BCUT2D eigenvalue weighted by atomic mass is 16.2. The second-order valence-corrected chi connectivity index (χ2v) is 6.67. The van der Waals surface area contributed by atoms with Crippen LogP contribution in [0.25, 0.3) is 0 Å². The topological polar surface area (TPSA) is 81.8 Å². The van der Waals surface area contributed by atoms with Gasteiger partial charge in [-0.3, -0.25) is 9.59 Å². The summed E-state index contributed by atoms with van der Waals surface area (Å²) in [7, 11) is 1.58. The molecule has 2 aliphatic heterocycles. The number of carbonyl (C=O) groups excluding carboxylic acids is 3. The van der Waals surface area contributed by atoms with E-state index in [1.165, 1.54) is 6.92 Å². The Kier molecular flexibility index (Phi) is 4.92. The van der Waals surface area contributed by atoms with Crippen LogP contribution < -0.4 is 10.6 Å². The smallest absolute Gasteiger partial charge is 0.317 e. The molecule has 1 aromatic rings. The molecule has 2 saturated heterocycles. The van der Waals surface area contributed by atoms with Gasteiger partial charge in [0.25, 0.3) is 0 Å². The van der Waals surface area contributed by atoms with E-state index in [9.17, 15) is 14.4 Å². The van der Waals surface area contributed by atoms with E-state index in [1.807, 2.05) is 30.3 Å². The number of amides is 4. The van der Waals surface area contributed by atoms with Crippen LogP contribution in [-0.4, -0.2) is 59.9 Å². The molecule has 0 unspecified atom stereocenters. The molecule has 0 radical (unpaired) electrons. The van der Waals surface area contributed by atoms with Gasteiger partial charge in [-0.05, 0) is 12.0 Å². The Bertz CT molecular complexity index is 664. The van der Waals surface area contributed by atoms with Gasteiger partial charge >= 0.3 is 6.03 Å². The number of urea groups is 1. The highest BCUT2D eigenvalue weighted by molar-refractivity contribution is 5.88. The van der Waals surface area contributed by atoms with Gasteiger partial charge in [0.15, 0.2) is 0 Å². The first-order valence-electron chi connectivity index (χ1n) is 8.58. The molecule has 3 atom stereocenters. The predicted molar refractivity (Wildman–Crippen MR) is 92.5 cm³/mol. The van der Waals surface area contributed by atoms with Crippen LogP contribution in [0.3, 0.4) is 0 Å². The fraction of sp³-hybridized carbons (Fsp3) is 0.500.